The van der Waals surface area contributed by atoms with Crippen LogP contribution in [0.1, 0.15) is 39.5 Å². The monoisotopic (exact) mass is 158 g/mol. The van der Waals surface area contributed by atoms with E-state index in [1.807, 2.05) is 0 Å². The van der Waals surface area contributed by atoms with E-state index in [9.17, 15) is 4.39 Å². The van der Waals surface area contributed by atoms with Crippen LogP contribution < -0.4 is 0 Å². The standard InChI is InChI=1S/C10H19F/c1-8(2)10-5-3-9(7-11)4-6-10/h8-10H,3-7H2,1-2H3. The molecule has 1 aliphatic carbocycles. The Kier molecular flexibility index (Phi) is 3.35. The van der Waals surface area contributed by atoms with Gasteiger partial charge in [-0.2, -0.15) is 0 Å². The molecule has 1 saturated carbocycles. The molecule has 0 atom stereocenters. The summed E-state index contributed by atoms with van der Waals surface area (Å²) in [5.74, 6) is 2.07. The number of hydrogen-bond donors (Lipinski definition) is 0. The SMILES string of the molecule is CC(C)C1CCC(CF)CC1. The first-order valence-corrected chi connectivity index (χ1v) is 4.80. The van der Waals surface area contributed by atoms with Crippen LogP contribution in [0, 0.1) is 17.8 Å². The highest BCUT2D eigenvalue weighted by atomic mass is 19.1. The summed E-state index contributed by atoms with van der Waals surface area (Å²) in [6.45, 7) is 4.46. The van der Waals surface area contributed by atoms with Crippen molar-refractivity contribution in [2.75, 3.05) is 6.67 Å². The van der Waals surface area contributed by atoms with Gasteiger partial charge in [-0.15, -0.1) is 0 Å². The first-order valence-electron chi connectivity index (χ1n) is 4.80. The molecule has 1 heteroatoms. The summed E-state index contributed by atoms with van der Waals surface area (Å²) < 4.78 is 12.2. The molecule has 0 amide bonds. The minimum atomic E-state index is -0.0924. The van der Waals surface area contributed by atoms with E-state index in [-0.39, 0.29) is 6.67 Å². The van der Waals surface area contributed by atoms with Gasteiger partial charge in [0.2, 0.25) is 0 Å². The third-order valence-electron chi connectivity index (χ3n) is 3.05. The van der Waals surface area contributed by atoms with Crippen LogP contribution in [-0.4, -0.2) is 6.67 Å². The van der Waals surface area contributed by atoms with Crippen molar-refractivity contribution in [1.29, 1.82) is 0 Å². The molecule has 0 spiro atoms. The van der Waals surface area contributed by atoms with Crippen molar-refractivity contribution in [2.24, 2.45) is 17.8 Å². The fourth-order valence-corrected chi connectivity index (χ4v) is 2.01. The van der Waals surface area contributed by atoms with Gasteiger partial charge in [0.15, 0.2) is 0 Å². The maximum Gasteiger partial charge on any atom is 0.0922 e. The van der Waals surface area contributed by atoms with Gasteiger partial charge in [0.25, 0.3) is 0 Å². The van der Waals surface area contributed by atoms with E-state index in [0.717, 1.165) is 24.7 Å². The number of hydrogen-bond acceptors (Lipinski definition) is 0. The van der Waals surface area contributed by atoms with Crippen LogP contribution in [0.5, 0.6) is 0 Å². The predicted octanol–water partition coefficient (Wildman–Crippen LogP) is 3.42. The summed E-state index contributed by atoms with van der Waals surface area (Å²) >= 11 is 0. The van der Waals surface area contributed by atoms with Gasteiger partial charge in [0.05, 0.1) is 6.67 Å². The second-order valence-corrected chi connectivity index (χ2v) is 4.18. The van der Waals surface area contributed by atoms with Crippen LogP contribution in [0.3, 0.4) is 0 Å². The molecule has 11 heavy (non-hydrogen) atoms. The Morgan fingerprint density at radius 1 is 1.18 bits per heavy atom. The van der Waals surface area contributed by atoms with E-state index >= 15 is 0 Å². The van der Waals surface area contributed by atoms with Crippen LogP contribution in [0.2, 0.25) is 0 Å². The van der Waals surface area contributed by atoms with Crippen LogP contribution in [0.15, 0.2) is 0 Å². The molecule has 0 saturated heterocycles. The molecule has 66 valence electrons. The van der Waals surface area contributed by atoms with Crippen molar-refractivity contribution >= 4 is 0 Å². The van der Waals surface area contributed by atoms with Gasteiger partial charge in [0, 0.05) is 0 Å². The number of rotatable bonds is 2. The van der Waals surface area contributed by atoms with Gasteiger partial charge in [-0.05, 0) is 43.4 Å². The quantitative estimate of drug-likeness (QED) is 0.577. The summed E-state index contributed by atoms with van der Waals surface area (Å²) in [5.41, 5.74) is 0. The molecule has 0 bridgehead atoms. The van der Waals surface area contributed by atoms with Crippen LogP contribution >= 0.6 is 0 Å². The van der Waals surface area contributed by atoms with Gasteiger partial charge in [-0.1, -0.05) is 13.8 Å². The lowest BCUT2D eigenvalue weighted by Crippen LogP contribution is -2.19. The molecule has 1 rings (SSSR count). The van der Waals surface area contributed by atoms with Crippen molar-refractivity contribution in [1.82, 2.24) is 0 Å². The molecule has 0 unspecified atom stereocenters. The zero-order valence-corrected chi connectivity index (χ0v) is 7.65. The molecule has 0 heterocycles. The molecular formula is C10H19F. The van der Waals surface area contributed by atoms with E-state index in [2.05, 4.69) is 13.8 Å². The highest BCUT2D eigenvalue weighted by Gasteiger charge is 2.22. The Morgan fingerprint density at radius 3 is 2.09 bits per heavy atom. The summed E-state index contributed by atoms with van der Waals surface area (Å²) in [5, 5.41) is 0. The highest BCUT2D eigenvalue weighted by molar-refractivity contribution is 4.73. The Morgan fingerprint density at radius 2 is 1.73 bits per heavy atom. The third kappa shape index (κ3) is 2.46. The Labute approximate surface area is 69.2 Å². The maximum absolute atomic E-state index is 12.2. The van der Waals surface area contributed by atoms with Crippen molar-refractivity contribution in [3.05, 3.63) is 0 Å². The van der Waals surface area contributed by atoms with Crippen molar-refractivity contribution in [2.45, 2.75) is 39.5 Å². The van der Waals surface area contributed by atoms with Crippen molar-refractivity contribution in [3.63, 3.8) is 0 Å². The van der Waals surface area contributed by atoms with Gasteiger partial charge in [0.1, 0.15) is 0 Å². The maximum atomic E-state index is 12.2. The van der Waals surface area contributed by atoms with Gasteiger partial charge < -0.3 is 0 Å². The Balaban J connectivity index is 2.24. The fourth-order valence-electron chi connectivity index (χ4n) is 2.01. The molecule has 0 aromatic rings. The van der Waals surface area contributed by atoms with E-state index in [4.69, 9.17) is 0 Å². The lowest BCUT2D eigenvalue weighted by molar-refractivity contribution is 0.197. The lowest BCUT2D eigenvalue weighted by atomic mass is 9.77. The van der Waals surface area contributed by atoms with Crippen molar-refractivity contribution in [3.8, 4) is 0 Å². The second kappa shape index (κ2) is 4.08. The average molecular weight is 158 g/mol. The first kappa shape index (κ1) is 9.02. The van der Waals surface area contributed by atoms with Crippen LogP contribution in [-0.2, 0) is 0 Å². The minimum absolute atomic E-state index is 0.0924. The predicted molar refractivity (Wildman–Crippen MR) is 46.3 cm³/mol. The van der Waals surface area contributed by atoms with E-state index < -0.39 is 0 Å². The molecule has 1 aliphatic rings. The average Bonchev–Trinajstić information content (AvgIpc) is 2.05. The normalized spacial score (nSPS) is 32.7. The van der Waals surface area contributed by atoms with E-state index in [1.54, 1.807) is 0 Å². The van der Waals surface area contributed by atoms with Gasteiger partial charge in [-0.25, -0.2) is 0 Å². The topological polar surface area (TPSA) is 0 Å². The summed E-state index contributed by atoms with van der Waals surface area (Å²) in [4.78, 5) is 0. The zero-order chi connectivity index (χ0) is 8.27. The molecular weight excluding hydrogens is 139 g/mol. The van der Waals surface area contributed by atoms with E-state index in [0.29, 0.717) is 5.92 Å². The van der Waals surface area contributed by atoms with Crippen LogP contribution in [0.25, 0.3) is 0 Å². The summed E-state index contributed by atoms with van der Waals surface area (Å²) in [6.07, 6.45) is 4.76. The largest absolute Gasteiger partial charge is 0.251 e. The lowest BCUT2D eigenvalue weighted by Gasteiger charge is -2.29. The first-order chi connectivity index (χ1) is 5.24. The zero-order valence-electron chi connectivity index (χ0n) is 7.65. The molecule has 0 aliphatic heterocycles. The summed E-state index contributed by atoms with van der Waals surface area (Å²) in [6, 6.07) is 0. The molecule has 0 N–H and O–H groups in total. The van der Waals surface area contributed by atoms with Gasteiger partial charge in [-0.3, -0.25) is 4.39 Å². The van der Waals surface area contributed by atoms with E-state index in [1.165, 1.54) is 12.8 Å². The van der Waals surface area contributed by atoms with Gasteiger partial charge >= 0.3 is 0 Å². The van der Waals surface area contributed by atoms with Crippen molar-refractivity contribution < 1.29 is 4.39 Å². The number of halogens is 1. The molecule has 1 fully saturated rings. The third-order valence-corrected chi connectivity index (χ3v) is 3.05. The van der Waals surface area contributed by atoms with Crippen LogP contribution in [0.4, 0.5) is 4.39 Å². The number of alkyl halides is 1. The molecule has 0 aromatic carbocycles. The minimum Gasteiger partial charge on any atom is -0.251 e. The Hall–Kier alpha value is -0.0700. The fraction of sp³-hybridized carbons (Fsp3) is 1.00. The summed E-state index contributed by atoms with van der Waals surface area (Å²) in [7, 11) is 0. The molecule has 0 radical (unpaired) electrons. The molecule has 0 nitrogen and oxygen atoms in total. The Bertz CT molecular complexity index is 101. The highest BCUT2D eigenvalue weighted by Crippen LogP contribution is 2.33. The second-order valence-electron chi connectivity index (χ2n) is 4.18. The molecule has 0 aromatic heterocycles. The smallest absolute Gasteiger partial charge is 0.0922 e.